The first-order valence-corrected chi connectivity index (χ1v) is 13.3. The van der Waals surface area contributed by atoms with Gasteiger partial charge in [-0.3, -0.25) is 10.00 Å². The van der Waals surface area contributed by atoms with Crippen molar-refractivity contribution >= 4 is 22.8 Å². The molecule has 208 valence electrons. The quantitative estimate of drug-likeness (QED) is 0.283. The number of piperidine rings is 1. The number of aromatic amines is 1. The molecule has 0 amide bonds. The molecule has 40 heavy (non-hydrogen) atoms. The van der Waals surface area contributed by atoms with Crippen LogP contribution in [-0.4, -0.2) is 54.9 Å². The number of aromatic nitrogens is 5. The van der Waals surface area contributed by atoms with Crippen molar-refractivity contribution in [2.75, 3.05) is 18.4 Å². The molecule has 0 radical (unpaired) electrons. The van der Waals surface area contributed by atoms with Gasteiger partial charge >= 0.3 is 6.18 Å². The summed E-state index contributed by atoms with van der Waals surface area (Å²) in [4.78, 5) is 11.0. The molecule has 0 aliphatic carbocycles. The summed E-state index contributed by atoms with van der Waals surface area (Å²) in [5.41, 5.74) is 5.40. The van der Waals surface area contributed by atoms with Gasteiger partial charge in [0.05, 0.1) is 12.7 Å². The highest BCUT2D eigenvalue weighted by atomic mass is 19.4. The summed E-state index contributed by atoms with van der Waals surface area (Å²) in [5, 5.41) is 21.1. The summed E-state index contributed by atoms with van der Waals surface area (Å²) >= 11 is 0. The third-order valence-electron chi connectivity index (χ3n) is 7.45. The number of aryl methyl sites for hydroxylation is 2. The Morgan fingerprint density at radius 2 is 2.00 bits per heavy atom. The van der Waals surface area contributed by atoms with Gasteiger partial charge in [-0.1, -0.05) is 12.6 Å². The molecule has 1 fully saturated rings. The summed E-state index contributed by atoms with van der Waals surface area (Å²) in [6.45, 7) is 8.91. The van der Waals surface area contributed by atoms with Crippen LogP contribution in [0.15, 0.2) is 43.2 Å². The number of anilines is 1. The molecule has 4 aromatic rings. The second-order valence-electron chi connectivity index (χ2n) is 10.2. The van der Waals surface area contributed by atoms with E-state index in [1.165, 1.54) is 17.2 Å². The summed E-state index contributed by atoms with van der Waals surface area (Å²) in [7, 11) is 0. The summed E-state index contributed by atoms with van der Waals surface area (Å²) in [5.74, 6) is 0.860. The number of hydrogen-bond acceptors (Lipinski definition) is 6. The number of H-pyrrole nitrogens is 1. The average molecular weight is 549 g/mol. The Morgan fingerprint density at radius 3 is 2.67 bits per heavy atom. The molecule has 5 rings (SSSR count). The molecular formula is C29H31F3N8. The van der Waals surface area contributed by atoms with Crippen molar-refractivity contribution in [3.63, 3.8) is 0 Å². The zero-order chi connectivity index (χ0) is 28.3. The van der Waals surface area contributed by atoms with Gasteiger partial charge in [0.15, 0.2) is 5.82 Å². The Hall–Kier alpha value is -4.17. The SMILES string of the molecule is C=Cc1nc(CCC(F)(F)F)cc(NC2CCN(Cc3ccc4c(cc(C#N)n4Cc4cn[nH]c4)c3C)CC2)n1. The van der Waals surface area contributed by atoms with Crippen LogP contribution in [-0.2, 0) is 19.5 Å². The Kier molecular flexibility index (Phi) is 7.89. The summed E-state index contributed by atoms with van der Waals surface area (Å²) in [6, 6.07) is 10.3. The Balaban J connectivity index is 1.22. The van der Waals surface area contributed by atoms with Crippen LogP contribution < -0.4 is 5.32 Å². The summed E-state index contributed by atoms with van der Waals surface area (Å²) < 4.78 is 40.1. The molecule has 0 bridgehead atoms. The minimum atomic E-state index is -4.23. The van der Waals surface area contributed by atoms with Crippen LogP contribution in [0, 0.1) is 18.3 Å². The molecule has 1 saturated heterocycles. The first-order valence-electron chi connectivity index (χ1n) is 13.3. The van der Waals surface area contributed by atoms with Crippen LogP contribution >= 0.6 is 0 Å². The van der Waals surface area contributed by atoms with Crippen molar-refractivity contribution in [1.29, 1.82) is 5.26 Å². The van der Waals surface area contributed by atoms with E-state index in [4.69, 9.17) is 0 Å². The lowest BCUT2D eigenvalue weighted by molar-refractivity contribution is -0.134. The van der Waals surface area contributed by atoms with E-state index in [2.05, 4.69) is 62.1 Å². The number of benzene rings is 1. The maximum atomic E-state index is 12.7. The molecule has 1 aromatic carbocycles. The largest absolute Gasteiger partial charge is 0.389 e. The molecule has 0 spiro atoms. The van der Waals surface area contributed by atoms with Gasteiger partial charge in [0.1, 0.15) is 17.6 Å². The highest BCUT2D eigenvalue weighted by Gasteiger charge is 2.27. The highest BCUT2D eigenvalue weighted by molar-refractivity contribution is 5.86. The number of likely N-dealkylation sites (tertiary alicyclic amines) is 1. The minimum absolute atomic E-state index is 0.165. The lowest BCUT2D eigenvalue weighted by Crippen LogP contribution is -2.39. The van der Waals surface area contributed by atoms with E-state index in [-0.39, 0.29) is 12.5 Å². The Morgan fingerprint density at radius 1 is 1.20 bits per heavy atom. The normalized spacial score (nSPS) is 14.9. The van der Waals surface area contributed by atoms with E-state index < -0.39 is 12.6 Å². The number of rotatable bonds is 9. The van der Waals surface area contributed by atoms with Gasteiger partial charge in [-0.05, 0) is 55.5 Å². The number of nitrogens with one attached hydrogen (secondary N) is 2. The van der Waals surface area contributed by atoms with Crippen molar-refractivity contribution in [1.82, 2.24) is 29.6 Å². The molecule has 1 aliphatic rings. The molecule has 0 saturated carbocycles. The molecule has 8 nitrogen and oxygen atoms in total. The molecule has 4 heterocycles. The highest BCUT2D eigenvalue weighted by Crippen LogP contribution is 2.28. The van der Waals surface area contributed by atoms with Crippen molar-refractivity contribution in [3.05, 3.63) is 77.1 Å². The third-order valence-corrected chi connectivity index (χ3v) is 7.45. The number of halogens is 3. The van der Waals surface area contributed by atoms with E-state index in [9.17, 15) is 18.4 Å². The van der Waals surface area contributed by atoms with Gasteiger partial charge in [0.2, 0.25) is 0 Å². The second-order valence-corrected chi connectivity index (χ2v) is 10.2. The zero-order valence-corrected chi connectivity index (χ0v) is 22.3. The van der Waals surface area contributed by atoms with Crippen LogP contribution in [0.3, 0.4) is 0 Å². The average Bonchev–Trinajstić information content (AvgIpc) is 3.58. The Bertz CT molecular complexity index is 1520. The van der Waals surface area contributed by atoms with Crippen LogP contribution in [0.5, 0.6) is 0 Å². The van der Waals surface area contributed by atoms with Crippen LogP contribution in [0.25, 0.3) is 17.0 Å². The fourth-order valence-electron chi connectivity index (χ4n) is 5.27. The van der Waals surface area contributed by atoms with Crippen LogP contribution in [0.1, 0.15) is 53.2 Å². The van der Waals surface area contributed by atoms with E-state index in [0.29, 0.717) is 29.6 Å². The van der Waals surface area contributed by atoms with E-state index in [0.717, 1.165) is 48.9 Å². The molecule has 11 heteroatoms. The number of hydrogen-bond donors (Lipinski definition) is 2. The molecule has 3 aromatic heterocycles. The first-order chi connectivity index (χ1) is 19.2. The third kappa shape index (κ3) is 6.34. The van der Waals surface area contributed by atoms with Gasteiger partial charge in [-0.2, -0.15) is 23.5 Å². The first kappa shape index (κ1) is 27.4. The van der Waals surface area contributed by atoms with E-state index in [1.807, 2.05) is 16.8 Å². The minimum Gasteiger partial charge on any atom is -0.367 e. The molecule has 2 N–H and O–H groups in total. The van der Waals surface area contributed by atoms with E-state index in [1.54, 1.807) is 12.3 Å². The van der Waals surface area contributed by atoms with Crippen molar-refractivity contribution in [2.24, 2.45) is 0 Å². The zero-order valence-electron chi connectivity index (χ0n) is 22.3. The van der Waals surface area contributed by atoms with Gasteiger partial charge in [0.25, 0.3) is 0 Å². The van der Waals surface area contributed by atoms with Crippen molar-refractivity contribution < 1.29 is 13.2 Å². The fraction of sp³-hybridized carbons (Fsp3) is 0.379. The predicted molar refractivity (Wildman–Crippen MR) is 148 cm³/mol. The lowest BCUT2D eigenvalue weighted by atomic mass is 10.0. The smallest absolute Gasteiger partial charge is 0.367 e. The van der Waals surface area contributed by atoms with Gasteiger partial charge < -0.3 is 9.88 Å². The Labute approximate surface area is 230 Å². The molecular weight excluding hydrogens is 517 g/mol. The summed E-state index contributed by atoms with van der Waals surface area (Å²) in [6.07, 6.45) is 1.48. The standard InChI is InChI=1S/C29H31F3N8/c1-3-27-37-23(6-9-29(30,31)32)12-28(38-27)36-22-7-10-39(11-8-22)18-21-4-5-26-25(19(21)2)13-24(14-33)40(26)17-20-15-34-35-16-20/h3-5,12-13,15-16,22H,1,6-11,17-18H2,2H3,(H,34,35)(H,36,37,38). The van der Waals surface area contributed by atoms with Gasteiger partial charge in [-0.25, -0.2) is 9.97 Å². The van der Waals surface area contributed by atoms with Crippen LogP contribution in [0.2, 0.25) is 0 Å². The number of nitrogens with zero attached hydrogens (tertiary/aromatic N) is 6. The molecule has 0 atom stereocenters. The maximum absolute atomic E-state index is 12.7. The predicted octanol–water partition coefficient (Wildman–Crippen LogP) is 5.60. The maximum Gasteiger partial charge on any atom is 0.389 e. The van der Waals surface area contributed by atoms with Gasteiger partial charge in [-0.15, -0.1) is 0 Å². The molecule has 0 unspecified atom stereocenters. The fourth-order valence-corrected chi connectivity index (χ4v) is 5.27. The number of nitriles is 1. The monoisotopic (exact) mass is 548 g/mol. The van der Waals surface area contributed by atoms with Crippen molar-refractivity contribution in [2.45, 2.75) is 57.9 Å². The van der Waals surface area contributed by atoms with Crippen molar-refractivity contribution in [3.8, 4) is 6.07 Å². The lowest BCUT2D eigenvalue weighted by Gasteiger charge is -2.33. The van der Waals surface area contributed by atoms with Gasteiger partial charge in [0, 0.05) is 66.5 Å². The van der Waals surface area contributed by atoms with Crippen LogP contribution in [0.4, 0.5) is 19.0 Å². The number of fused-ring (bicyclic) bond motifs is 1. The molecule has 1 aliphatic heterocycles. The number of alkyl halides is 3. The second kappa shape index (κ2) is 11.5. The van der Waals surface area contributed by atoms with E-state index >= 15 is 0 Å². The topological polar surface area (TPSA) is 98.5 Å².